The van der Waals surface area contributed by atoms with E-state index >= 15 is 0 Å². The molecule has 0 spiro atoms. The van der Waals surface area contributed by atoms with Crippen LogP contribution in [-0.2, 0) is 0 Å². The highest BCUT2D eigenvalue weighted by Gasteiger charge is 2.21. The maximum absolute atomic E-state index is 8.95. The van der Waals surface area contributed by atoms with Gasteiger partial charge in [-0.25, -0.2) is 0 Å². The molecule has 0 amide bonds. The molecular formula is C9H15NO. The Bertz CT molecular complexity index is 168. The van der Waals surface area contributed by atoms with Gasteiger partial charge in [-0.15, -0.1) is 5.92 Å². The van der Waals surface area contributed by atoms with Gasteiger partial charge in [0.2, 0.25) is 0 Å². The average molecular weight is 153 g/mol. The molecule has 0 aromatic carbocycles. The molecule has 62 valence electrons. The highest BCUT2D eigenvalue weighted by Crippen LogP contribution is 2.15. The Balaban J connectivity index is 2.35. The van der Waals surface area contributed by atoms with Crippen molar-refractivity contribution in [1.82, 2.24) is 4.90 Å². The van der Waals surface area contributed by atoms with Gasteiger partial charge in [-0.3, -0.25) is 4.90 Å². The Morgan fingerprint density at radius 3 is 3.09 bits per heavy atom. The van der Waals surface area contributed by atoms with Crippen molar-refractivity contribution in [3.63, 3.8) is 0 Å². The van der Waals surface area contributed by atoms with Crippen LogP contribution in [0.1, 0.15) is 19.8 Å². The van der Waals surface area contributed by atoms with Crippen molar-refractivity contribution in [1.29, 1.82) is 0 Å². The molecule has 1 fully saturated rings. The topological polar surface area (TPSA) is 23.5 Å². The van der Waals surface area contributed by atoms with Crippen molar-refractivity contribution >= 4 is 0 Å². The molecule has 1 saturated heterocycles. The van der Waals surface area contributed by atoms with Crippen LogP contribution in [0.4, 0.5) is 0 Å². The number of nitrogens with zero attached hydrogens (tertiary/aromatic N) is 1. The van der Waals surface area contributed by atoms with Crippen LogP contribution in [0.2, 0.25) is 0 Å². The third kappa shape index (κ3) is 2.21. The second kappa shape index (κ2) is 4.38. The minimum atomic E-state index is 0.283. The summed E-state index contributed by atoms with van der Waals surface area (Å²) in [6.07, 6.45) is 2.33. The third-order valence-corrected chi connectivity index (χ3v) is 2.17. The van der Waals surface area contributed by atoms with Crippen LogP contribution >= 0.6 is 0 Å². The van der Waals surface area contributed by atoms with Crippen LogP contribution in [0, 0.1) is 11.8 Å². The van der Waals surface area contributed by atoms with Gasteiger partial charge in [0.1, 0.15) is 0 Å². The number of aliphatic hydroxyl groups excluding tert-OH is 1. The van der Waals surface area contributed by atoms with Crippen LogP contribution in [0.15, 0.2) is 0 Å². The Morgan fingerprint density at radius 2 is 2.45 bits per heavy atom. The standard InChI is InChI=1S/C9H15NO/c1-2-3-6-10-7-4-5-9(10)8-11/h9,11H,4-8H2,1H3/t9-/m0/s1. The summed E-state index contributed by atoms with van der Waals surface area (Å²) >= 11 is 0. The third-order valence-electron chi connectivity index (χ3n) is 2.17. The molecule has 0 aromatic heterocycles. The van der Waals surface area contributed by atoms with Crippen molar-refractivity contribution in [3.05, 3.63) is 0 Å². The monoisotopic (exact) mass is 153 g/mol. The molecule has 0 aromatic rings. The van der Waals surface area contributed by atoms with Crippen molar-refractivity contribution in [2.24, 2.45) is 0 Å². The van der Waals surface area contributed by atoms with E-state index in [9.17, 15) is 0 Å². The van der Waals surface area contributed by atoms with Crippen LogP contribution in [0.3, 0.4) is 0 Å². The lowest BCUT2D eigenvalue weighted by atomic mass is 10.2. The Hall–Kier alpha value is -0.520. The van der Waals surface area contributed by atoms with E-state index < -0.39 is 0 Å². The van der Waals surface area contributed by atoms with Crippen LogP contribution in [0.5, 0.6) is 0 Å². The molecule has 1 aliphatic heterocycles. The van der Waals surface area contributed by atoms with Crippen molar-refractivity contribution in [3.8, 4) is 11.8 Å². The average Bonchev–Trinajstić information content (AvgIpc) is 2.47. The first-order chi connectivity index (χ1) is 5.38. The highest BCUT2D eigenvalue weighted by molar-refractivity contribution is 4.99. The number of aliphatic hydroxyl groups is 1. The molecule has 1 aliphatic rings. The van der Waals surface area contributed by atoms with Gasteiger partial charge < -0.3 is 5.11 Å². The summed E-state index contributed by atoms with van der Waals surface area (Å²) in [6.45, 7) is 4.05. The van der Waals surface area contributed by atoms with Gasteiger partial charge in [0.15, 0.2) is 0 Å². The van der Waals surface area contributed by atoms with Crippen LogP contribution in [0.25, 0.3) is 0 Å². The Kier molecular flexibility index (Phi) is 3.41. The second-order valence-corrected chi connectivity index (χ2v) is 2.88. The molecule has 1 N–H and O–H groups in total. The normalized spacial score (nSPS) is 24.7. The Labute approximate surface area is 68.2 Å². The minimum absolute atomic E-state index is 0.283. The first-order valence-electron chi connectivity index (χ1n) is 4.13. The summed E-state index contributed by atoms with van der Waals surface area (Å²) < 4.78 is 0. The summed E-state index contributed by atoms with van der Waals surface area (Å²) in [5.41, 5.74) is 0. The zero-order valence-electron chi connectivity index (χ0n) is 7.01. The van der Waals surface area contributed by atoms with Gasteiger partial charge in [-0.05, 0) is 26.3 Å². The zero-order valence-corrected chi connectivity index (χ0v) is 7.01. The van der Waals surface area contributed by atoms with Crippen LogP contribution in [-0.4, -0.2) is 35.7 Å². The van der Waals surface area contributed by atoms with Gasteiger partial charge in [-0.1, -0.05) is 5.92 Å². The van der Waals surface area contributed by atoms with Crippen molar-refractivity contribution < 1.29 is 5.11 Å². The lowest BCUT2D eigenvalue weighted by Crippen LogP contribution is -2.32. The fourth-order valence-corrected chi connectivity index (χ4v) is 1.49. The number of likely N-dealkylation sites (tertiary alicyclic amines) is 1. The van der Waals surface area contributed by atoms with Crippen LogP contribution < -0.4 is 0 Å². The Morgan fingerprint density at radius 1 is 1.64 bits per heavy atom. The van der Waals surface area contributed by atoms with E-state index in [2.05, 4.69) is 16.7 Å². The van der Waals surface area contributed by atoms with E-state index in [-0.39, 0.29) is 6.61 Å². The SMILES string of the molecule is CC#CCN1CCC[C@H]1CO. The van der Waals surface area contributed by atoms with E-state index in [4.69, 9.17) is 5.11 Å². The fraction of sp³-hybridized carbons (Fsp3) is 0.778. The van der Waals surface area contributed by atoms with Gasteiger partial charge in [0.25, 0.3) is 0 Å². The van der Waals surface area contributed by atoms with E-state index in [0.29, 0.717) is 6.04 Å². The molecule has 0 aliphatic carbocycles. The molecule has 1 rings (SSSR count). The highest BCUT2D eigenvalue weighted by atomic mass is 16.3. The lowest BCUT2D eigenvalue weighted by molar-refractivity contribution is 0.171. The summed E-state index contributed by atoms with van der Waals surface area (Å²) in [4.78, 5) is 2.25. The smallest absolute Gasteiger partial charge is 0.0604 e. The van der Waals surface area contributed by atoms with Gasteiger partial charge in [0, 0.05) is 6.04 Å². The van der Waals surface area contributed by atoms with E-state index in [1.807, 2.05) is 6.92 Å². The molecule has 2 heteroatoms. The molecular weight excluding hydrogens is 138 g/mol. The van der Waals surface area contributed by atoms with E-state index in [1.165, 1.54) is 6.42 Å². The number of hydrogen-bond acceptors (Lipinski definition) is 2. The maximum Gasteiger partial charge on any atom is 0.0604 e. The molecule has 1 atom stereocenters. The van der Waals surface area contributed by atoms with Crippen molar-refractivity contribution in [2.75, 3.05) is 19.7 Å². The molecule has 1 heterocycles. The predicted octanol–water partition coefficient (Wildman–Crippen LogP) is 0.466. The molecule has 2 nitrogen and oxygen atoms in total. The van der Waals surface area contributed by atoms with Gasteiger partial charge >= 0.3 is 0 Å². The molecule has 0 bridgehead atoms. The largest absolute Gasteiger partial charge is 0.395 e. The minimum Gasteiger partial charge on any atom is -0.395 e. The predicted molar refractivity (Wildman–Crippen MR) is 45.1 cm³/mol. The van der Waals surface area contributed by atoms with Crippen molar-refractivity contribution in [2.45, 2.75) is 25.8 Å². The molecule has 0 unspecified atom stereocenters. The second-order valence-electron chi connectivity index (χ2n) is 2.88. The maximum atomic E-state index is 8.95. The summed E-state index contributed by atoms with van der Waals surface area (Å²) in [5.74, 6) is 5.89. The number of rotatable bonds is 2. The molecule has 0 radical (unpaired) electrons. The van der Waals surface area contributed by atoms with Gasteiger partial charge in [-0.2, -0.15) is 0 Å². The van der Waals surface area contributed by atoms with Gasteiger partial charge in [0.05, 0.1) is 13.2 Å². The van der Waals surface area contributed by atoms with E-state index in [1.54, 1.807) is 0 Å². The van der Waals surface area contributed by atoms with E-state index in [0.717, 1.165) is 19.5 Å². The molecule has 11 heavy (non-hydrogen) atoms. The summed E-state index contributed by atoms with van der Waals surface area (Å²) in [5, 5.41) is 8.95. The fourth-order valence-electron chi connectivity index (χ4n) is 1.49. The zero-order chi connectivity index (χ0) is 8.10. The lowest BCUT2D eigenvalue weighted by Gasteiger charge is -2.19. The summed E-state index contributed by atoms with van der Waals surface area (Å²) in [7, 11) is 0. The quantitative estimate of drug-likeness (QED) is 0.583. The summed E-state index contributed by atoms with van der Waals surface area (Å²) in [6, 6.07) is 0.371. The first-order valence-corrected chi connectivity index (χ1v) is 4.13. The number of hydrogen-bond donors (Lipinski definition) is 1. The molecule has 0 saturated carbocycles. The first kappa shape index (κ1) is 8.58.